The van der Waals surface area contributed by atoms with E-state index in [1.54, 1.807) is 0 Å². The highest BCUT2D eigenvalue weighted by atomic mass is 16.5. The maximum absolute atomic E-state index is 12.5. The summed E-state index contributed by atoms with van der Waals surface area (Å²) >= 11 is 0. The minimum Gasteiger partial charge on any atom is -0.456 e. The molecule has 3 nitrogen and oxygen atoms in total. The van der Waals surface area contributed by atoms with Crippen LogP contribution >= 0.6 is 0 Å². The number of hydrogen-bond donors (Lipinski definition) is 1. The van der Waals surface area contributed by atoms with E-state index in [9.17, 15) is 4.79 Å². The van der Waals surface area contributed by atoms with E-state index >= 15 is 0 Å². The van der Waals surface area contributed by atoms with Crippen molar-refractivity contribution in [1.82, 2.24) is 4.98 Å². The highest BCUT2D eigenvalue weighted by Crippen LogP contribution is 2.25. The molecule has 0 aliphatic heterocycles. The number of ether oxygens (including phenoxy) is 1. The maximum Gasteiger partial charge on any atom is 0.355 e. The summed E-state index contributed by atoms with van der Waals surface area (Å²) in [6.07, 6.45) is 9.17. The largest absolute Gasteiger partial charge is 0.456 e. The summed E-state index contributed by atoms with van der Waals surface area (Å²) in [6, 6.07) is 9.75. The molecule has 0 radical (unpaired) electrons. The zero-order valence-corrected chi connectivity index (χ0v) is 14.3. The molecule has 0 saturated heterocycles. The van der Waals surface area contributed by atoms with Gasteiger partial charge in [-0.3, -0.25) is 0 Å². The standard InChI is InChI=1S/C21H23NO2/c1-3-18-15(2)20(22-19(18)13-16-9-7-8-10-16)21(23)24-14-17-11-5-4-6-12-17/h4-9,11-12,22H,3,10,13-14H2,1-2H3. The average Bonchev–Trinajstić information content (AvgIpc) is 3.22. The lowest BCUT2D eigenvalue weighted by Gasteiger charge is -2.04. The van der Waals surface area contributed by atoms with Gasteiger partial charge in [0.2, 0.25) is 0 Å². The summed E-state index contributed by atoms with van der Waals surface area (Å²) in [5.74, 6) is -0.282. The van der Waals surface area contributed by atoms with Crippen LogP contribution in [0.15, 0.2) is 54.1 Å². The highest BCUT2D eigenvalue weighted by molar-refractivity contribution is 5.89. The molecule has 0 spiro atoms. The van der Waals surface area contributed by atoms with Crippen LogP contribution in [0.25, 0.3) is 0 Å². The molecular formula is C21H23NO2. The Labute approximate surface area is 143 Å². The van der Waals surface area contributed by atoms with Crippen molar-refractivity contribution in [1.29, 1.82) is 0 Å². The fourth-order valence-corrected chi connectivity index (χ4v) is 3.18. The number of allylic oxidation sites excluding steroid dienone is 4. The van der Waals surface area contributed by atoms with Gasteiger partial charge in [0.15, 0.2) is 0 Å². The zero-order valence-electron chi connectivity index (χ0n) is 14.3. The van der Waals surface area contributed by atoms with Gasteiger partial charge in [0.25, 0.3) is 0 Å². The predicted molar refractivity (Wildman–Crippen MR) is 96.0 cm³/mol. The van der Waals surface area contributed by atoms with Gasteiger partial charge in [0.05, 0.1) is 0 Å². The molecule has 1 aliphatic rings. The molecule has 3 heteroatoms. The van der Waals surface area contributed by atoms with Gasteiger partial charge in [-0.2, -0.15) is 0 Å². The van der Waals surface area contributed by atoms with Crippen molar-refractivity contribution in [3.8, 4) is 0 Å². The number of H-pyrrole nitrogens is 1. The summed E-state index contributed by atoms with van der Waals surface area (Å²) in [7, 11) is 0. The molecule has 0 atom stereocenters. The molecule has 0 unspecified atom stereocenters. The third kappa shape index (κ3) is 3.51. The van der Waals surface area contributed by atoms with Crippen molar-refractivity contribution in [2.75, 3.05) is 0 Å². The van der Waals surface area contributed by atoms with E-state index < -0.39 is 0 Å². The molecule has 0 saturated carbocycles. The van der Waals surface area contributed by atoms with E-state index in [1.165, 1.54) is 11.1 Å². The summed E-state index contributed by atoms with van der Waals surface area (Å²) < 4.78 is 5.48. The number of nitrogens with one attached hydrogen (secondary N) is 1. The van der Waals surface area contributed by atoms with Gasteiger partial charge in [-0.05, 0) is 36.5 Å². The molecular weight excluding hydrogens is 298 g/mol. The summed E-state index contributed by atoms with van der Waals surface area (Å²) in [4.78, 5) is 15.8. The van der Waals surface area contributed by atoms with Crippen LogP contribution in [0.4, 0.5) is 0 Å². The van der Waals surface area contributed by atoms with Gasteiger partial charge < -0.3 is 9.72 Å². The Morgan fingerprint density at radius 1 is 1.25 bits per heavy atom. The molecule has 1 heterocycles. The summed E-state index contributed by atoms with van der Waals surface area (Å²) in [5, 5.41) is 0. The third-order valence-electron chi connectivity index (χ3n) is 4.49. The second-order valence-corrected chi connectivity index (χ2v) is 6.13. The Morgan fingerprint density at radius 2 is 2.04 bits per heavy atom. The zero-order chi connectivity index (χ0) is 16.9. The molecule has 1 aliphatic carbocycles. The minimum atomic E-state index is -0.282. The predicted octanol–water partition coefficient (Wildman–Crippen LogP) is 4.67. The van der Waals surface area contributed by atoms with E-state index in [2.05, 4.69) is 30.1 Å². The lowest BCUT2D eigenvalue weighted by atomic mass is 10.0. The van der Waals surface area contributed by atoms with Crippen LogP contribution in [-0.4, -0.2) is 11.0 Å². The second-order valence-electron chi connectivity index (χ2n) is 6.13. The van der Waals surface area contributed by atoms with Gasteiger partial charge in [-0.15, -0.1) is 0 Å². The molecule has 1 N–H and O–H groups in total. The van der Waals surface area contributed by atoms with Gasteiger partial charge in [0.1, 0.15) is 12.3 Å². The SMILES string of the molecule is CCc1c(CC2=CC=CC2)[nH]c(C(=O)OCc2ccccc2)c1C. The van der Waals surface area contributed by atoms with Gasteiger partial charge in [0, 0.05) is 12.1 Å². The third-order valence-corrected chi connectivity index (χ3v) is 4.49. The second kappa shape index (κ2) is 7.35. The van der Waals surface area contributed by atoms with E-state index in [1.807, 2.05) is 37.3 Å². The molecule has 124 valence electrons. The Bertz CT molecular complexity index is 782. The summed E-state index contributed by atoms with van der Waals surface area (Å²) in [6.45, 7) is 4.42. The number of benzene rings is 1. The number of carbonyl (C=O) groups excluding carboxylic acids is 1. The van der Waals surface area contributed by atoms with Crippen LogP contribution in [0, 0.1) is 6.92 Å². The number of rotatable bonds is 6. The van der Waals surface area contributed by atoms with Gasteiger partial charge in [-0.1, -0.05) is 61.1 Å². The monoisotopic (exact) mass is 321 g/mol. The van der Waals surface area contributed by atoms with E-state index in [0.717, 1.165) is 36.1 Å². The van der Waals surface area contributed by atoms with Crippen LogP contribution in [-0.2, 0) is 24.2 Å². The minimum absolute atomic E-state index is 0.282. The number of carbonyl (C=O) groups is 1. The Balaban J connectivity index is 1.74. The van der Waals surface area contributed by atoms with Crippen LogP contribution in [0.5, 0.6) is 0 Å². The van der Waals surface area contributed by atoms with Crippen molar-refractivity contribution >= 4 is 5.97 Å². The topological polar surface area (TPSA) is 42.1 Å². The molecule has 0 bridgehead atoms. The molecule has 2 aromatic rings. The van der Waals surface area contributed by atoms with Gasteiger partial charge in [-0.25, -0.2) is 4.79 Å². The van der Waals surface area contributed by atoms with Crippen molar-refractivity contribution in [3.05, 3.63) is 82.2 Å². The first kappa shape index (κ1) is 16.3. The normalized spacial score (nSPS) is 13.2. The van der Waals surface area contributed by atoms with Crippen molar-refractivity contribution < 1.29 is 9.53 Å². The van der Waals surface area contributed by atoms with Crippen LogP contribution in [0.2, 0.25) is 0 Å². The Kier molecular flexibility index (Phi) is 4.99. The lowest BCUT2D eigenvalue weighted by Crippen LogP contribution is -2.07. The Morgan fingerprint density at radius 3 is 2.71 bits per heavy atom. The van der Waals surface area contributed by atoms with E-state index in [-0.39, 0.29) is 5.97 Å². The van der Waals surface area contributed by atoms with Crippen molar-refractivity contribution in [2.45, 2.75) is 39.7 Å². The van der Waals surface area contributed by atoms with Crippen LogP contribution < -0.4 is 0 Å². The fourth-order valence-electron chi connectivity index (χ4n) is 3.18. The molecule has 1 aromatic carbocycles. The highest BCUT2D eigenvalue weighted by Gasteiger charge is 2.20. The van der Waals surface area contributed by atoms with E-state index in [0.29, 0.717) is 12.3 Å². The molecule has 1 aromatic heterocycles. The summed E-state index contributed by atoms with van der Waals surface area (Å²) in [5.41, 5.74) is 6.33. The lowest BCUT2D eigenvalue weighted by molar-refractivity contribution is 0.0465. The smallest absolute Gasteiger partial charge is 0.355 e. The van der Waals surface area contributed by atoms with Crippen LogP contribution in [0.1, 0.15) is 46.2 Å². The first-order valence-electron chi connectivity index (χ1n) is 8.45. The van der Waals surface area contributed by atoms with E-state index in [4.69, 9.17) is 4.74 Å². The number of aromatic amines is 1. The van der Waals surface area contributed by atoms with Crippen LogP contribution in [0.3, 0.4) is 0 Å². The maximum atomic E-state index is 12.5. The number of aromatic nitrogens is 1. The Hall–Kier alpha value is -2.55. The molecule has 3 rings (SSSR count). The number of hydrogen-bond acceptors (Lipinski definition) is 2. The van der Waals surface area contributed by atoms with Crippen molar-refractivity contribution in [2.24, 2.45) is 0 Å². The average molecular weight is 321 g/mol. The molecule has 0 amide bonds. The van der Waals surface area contributed by atoms with Crippen molar-refractivity contribution in [3.63, 3.8) is 0 Å². The fraction of sp³-hybridized carbons (Fsp3) is 0.286. The first-order chi connectivity index (χ1) is 11.7. The molecule has 0 fully saturated rings. The molecule has 24 heavy (non-hydrogen) atoms. The number of esters is 1. The first-order valence-corrected chi connectivity index (χ1v) is 8.45. The quantitative estimate of drug-likeness (QED) is 0.786. The van der Waals surface area contributed by atoms with Gasteiger partial charge >= 0.3 is 5.97 Å².